The minimum absolute atomic E-state index is 0.390. The molecule has 5 aromatic carbocycles. The van der Waals surface area contributed by atoms with Crippen molar-refractivity contribution >= 4 is 39.3 Å². The van der Waals surface area contributed by atoms with Crippen LogP contribution in [0.5, 0.6) is 0 Å². The van der Waals surface area contributed by atoms with Crippen LogP contribution in [-0.2, 0) is 0 Å². The molecule has 0 aliphatic carbocycles. The lowest BCUT2D eigenvalue weighted by atomic mass is 9.83. The molecule has 0 spiro atoms. The summed E-state index contributed by atoms with van der Waals surface area (Å²) < 4.78 is 12.2. The van der Waals surface area contributed by atoms with E-state index in [4.69, 9.17) is 13.8 Å². The van der Waals surface area contributed by atoms with Gasteiger partial charge in [0.1, 0.15) is 11.0 Å². The van der Waals surface area contributed by atoms with Crippen LogP contribution < -0.4 is 4.90 Å². The third kappa shape index (κ3) is 3.55. The van der Waals surface area contributed by atoms with Gasteiger partial charge in [-0.25, -0.2) is 9.97 Å². The van der Waals surface area contributed by atoms with Crippen molar-refractivity contribution in [1.29, 1.82) is 0 Å². The highest BCUT2D eigenvalue weighted by molar-refractivity contribution is 5.91. The average Bonchev–Trinajstić information content (AvgIpc) is 3.62. The molecule has 5 nitrogen and oxygen atoms in total. The molecule has 0 radical (unpaired) electrons. The number of fused-ring (bicyclic) bond motifs is 4. The topological polar surface area (TPSA) is 55.3 Å². The minimum atomic E-state index is 0.390. The first kappa shape index (κ1) is 22.8. The number of rotatable bonds is 4. The van der Waals surface area contributed by atoms with Gasteiger partial charge in [-0.1, -0.05) is 61.5 Å². The summed E-state index contributed by atoms with van der Waals surface area (Å²) in [4.78, 5) is 11.8. The Labute approximate surface area is 231 Å². The normalized spacial score (nSPS) is 13.1. The van der Waals surface area contributed by atoms with Crippen LogP contribution in [0.3, 0.4) is 0 Å². The van der Waals surface area contributed by atoms with Crippen molar-refractivity contribution in [2.24, 2.45) is 0 Å². The Balaban J connectivity index is 1.16. The maximum absolute atomic E-state index is 6.20. The van der Waals surface area contributed by atoms with Crippen LogP contribution in [0, 0.1) is 0 Å². The molecule has 0 amide bonds. The summed E-state index contributed by atoms with van der Waals surface area (Å²) in [6, 6.07) is 39.6. The molecular formula is C35H25N3O2. The van der Waals surface area contributed by atoms with Gasteiger partial charge in [0.25, 0.3) is 0 Å². The first-order valence-corrected chi connectivity index (χ1v) is 13.6. The standard InChI is InChI=1S/C35H25N3O2/c1-2-25-26-12-6-8-14-30(26)38(31-15-9-7-13-27(25)31)24-18-16-23(17-19-24)35-37-29-21-32-28(20-33(29)40-35)36-34(39-32)22-10-4-3-5-11-22/h3-21,25H,2H2,1H3. The maximum atomic E-state index is 6.20. The largest absolute Gasteiger partial charge is 0.436 e. The second-order valence-corrected chi connectivity index (χ2v) is 10.2. The van der Waals surface area contributed by atoms with Gasteiger partial charge in [0.05, 0.1) is 0 Å². The van der Waals surface area contributed by atoms with E-state index in [-0.39, 0.29) is 0 Å². The lowest BCUT2D eigenvalue weighted by molar-refractivity contribution is 0.618. The van der Waals surface area contributed by atoms with Crippen LogP contribution in [0.2, 0.25) is 0 Å². The van der Waals surface area contributed by atoms with Crippen molar-refractivity contribution in [3.8, 4) is 22.9 Å². The third-order valence-electron chi connectivity index (χ3n) is 7.81. The van der Waals surface area contributed by atoms with Crippen molar-refractivity contribution in [2.45, 2.75) is 19.3 Å². The molecule has 3 heterocycles. The Morgan fingerprint density at radius 2 is 1.10 bits per heavy atom. The first-order valence-electron chi connectivity index (χ1n) is 13.6. The van der Waals surface area contributed by atoms with E-state index in [1.807, 2.05) is 42.5 Å². The minimum Gasteiger partial charge on any atom is -0.436 e. The van der Waals surface area contributed by atoms with E-state index in [9.17, 15) is 0 Å². The van der Waals surface area contributed by atoms with E-state index in [0.717, 1.165) is 34.3 Å². The number of benzene rings is 5. The molecular weight excluding hydrogens is 494 g/mol. The molecule has 5 heteroatoms. The number of hydrogen-bond donors (Lipinski definition) is 0. The van der Waals surface area contributed by atoms with Crippen LogP contribution in [0.4, 0.5) is 17.1 Å². The molecule has 0 saturated heterocycles. The number of anilines is 3. The lowest BCUT2D eigenvalue weighted by Gasteiger charge is -2.37. The number of hydrogen-bond acceptors (Lipinski definition) is 5. The van der Waals surface area contributed by atoms with E-state index in [1.54, 1.807) is 0 Å². The van der Waals surface area contributed by atoms with Crippen molar-refractivity contribution in [1.82, 2.24) is 9.97 Å². The van der Waals surface area contributed by atoms with Crippen LogP contribution in [-0.4, -0.2) is 9.97 Å². The van der Waals surface area contributed by atoms with Crippen molar-refractivity contribution in [3.05, 3.63) is 126 Å². The molecule has 0 saturated carbocycles. The predicted octanol–water partition coefficient (Wildman–Crippen LogP) is 9.63. The average molecular weight is 520 g/mol. The van der Waals surface area contributed by atoms with Gasteiger partial charge in [-0.05, 0) is 66.1 Å². The molecule has 7 aromatic rings. The first-order chi connectivity index (χ1) is 19.8. The monoisotopic (exact) mass is 519 g/mol. The second-order valence-electron chi connectivity index (χ2n) is 10.2. The smallest absolute Gasteiger partial charge is 0.227 e. The Hall–Kier alpha value is -5.16. The highest BCUT2D eigenvalue weighted by Crippen LogP contribution is 2.50. The fraction of sp³-hybridized carbons (Fsp3) is 0.0857. The van der Waals surface area contributed by atoms with Gasteiger partial charge in [0.2, 0.25) is 11.8 Å². The second kappa shape index (κ2) is 8.95. The summed E-state index contributed by atoms with van der Waals surface area (Å²) >= 11 is 0. The summed E-state index contributed by atoms with van der Waals surface area (Å²) in [5.41, 5.74) is 11.0. The maximum Gasteiger partial charge on any atom is 0.227 e. The fourth-order valence-electron chi connectivity index (χ4n) is 5.92. The van der Waals surface area contributed by atoms with E-state index < -0.39 is 0 Å². The Morgan fingerprint density at radius 3 is 1.65 bits per heavy atom. The highest BCUT2D eigenvalue weighted by Gasteiger charge is 2.29. The molecule has 0 unspecified atom stereocenters. The molecule has 40 heavy (non-hydrogen) atoms. The van der Waals surface area contributed by atoms with E-state index >= 15 is 0 Å². The zero-order valence-electron chi connectivity index (χ0n) is 21.9. The van der Waals surface area contributed by atoms with Crippen LogP contribution >= 0.6 is 0 Å². The predicted molar refractivity (Wildman–Crippen MR) is 159 cm³/mol. The Kier molecular flexibility index (Phi) is 5.10. The quantitative estimate of drug-likeness (QED) is 0.232. The van der Waals surface area contributed by atoms with Crippen molar-refractivity contribution < 1.29 is 8.83 Å². The molecule has 1 aliphatic heterocycles. The number of para-hydroxylation sites is 2. The number of aromatic nitrogens is 2. The molecule has 0 bridgehead atoms. The summed E-state index contributed by atoms with van der Waals surface area (Å²) in [6.45, 7) is 2.26. The summed E-state index contributed by atoms with van der Waals surface area (Å²) in [5, 5.41) is 0. The van der Waals surface area contributed by atoms with Gasteiger partial charge in [-0.2, -0.15) is 0 Å². The molecule has 2 aromatic heterocycles. The Bertz CT molecular complexity index is 1910. The van der Waals surface area contributed by atoms with Gasteiger partial charge in [-0.3, -0.25) is 0 Å². The SMILES string of the molecule is CCC1c2ccccc2N(c2ccc(-c3nc4cc5oc(-c6ccccc6)nc5cc4o3)cc2)c2ccccc21. The number of oxazole rings is 2. The van der Waals surface area contributed by atoms with Crippen LogP contribution in [0.1, 0.15) is 30.4 Å². The molecule has 8 rings (SSSR count). The lowest BCUT2D eigenvalue weighted by Crippen LogP contribution is -2.21. The van der Waals surface area contributed by atoms with E-state index in [2.05, 4.69) is 89.6 Å². The van der Waals surface area contributed by atoms with Gasteiger partial charge in [0, 0.05) is 46.2 Å². The van der Waals surface area contributed by atoms with Gasteiger partial charge in [0.15, 0.2) is 11.2 Å². The highest BCUT2D eigenvalue weighted by atomic mass is 16.4. The van der Waals surface area contributed by atoms with Crippen molar-refractivity contribution in [2.75, 3.05) is 4.90 Å². The molecule has 0 N–H and O–H groups in total. The zero-order valence-corrected chi connectivity index (χ0v) is 21.9. The van der Waals surface area contributed by atoms with Gasteiger partial charge >= 0.3 is 0 Å². The number of nitrogens with zero attached hydrogens (tertiary/aromatic N) is 3. The molecule has 1 aliphatic rings. The van der Waals surface area contributed by atoms with Gasteiger partial charge in [-0.15, -0.1) is 0 Å². The molecule has 0 atom stereocenters. The van der Waals surface area contributed by atoms with E-state index in [1.165, 1.54) is 22.5 Å². The molecule has 0 fully saturated rings. The van der Waals surface area contributed by atoms with Crippen molar-refractivity contribution in [3.63, 3.8) is 0 Å². The fourth-order valence-corrected chi connectivity index (χ4v) is 5.92. The van der Waals surface area contributed by atoms with Crippen LogP contribution in [0.15, 0.2) is 124 Å². The van der Waals surface area contributed by atoms with Gasteiger partial charge < -0.3 is 13.7 Å². The van der Waals surface area contributed by atoms with Crippen LogP contribution in [0.25, 0.3) is 45.1 Å². The summed E-state index contributed by atoms with van der Waals surface area (Å²) in [5.74, 6) is 1.55. The van der Waals surface area contributed by atoms with E-state index in [0.29, 0.717) is 28.9 Å². The zero-order chi connectivity index (χ0) is 26.6. The molecule has 192 valence electrons. The summed E-state index contributed by atoms with van der Waals surface area (Å²) in [7, 11) is 0. The summed E-state index contributed by atoms with van der Waals surface area (Å²) in [6.07, 6.45) is 1.06. The third-order valence-corrected chi connectivity index (χ3v) is 7.81. The Morgan fingerprint density at radius 1 is 0.600 bits per heavy atom.